The molecule has 0 atom stereocenters. The summed E-state index contributed by atoms with van der Waals surface area (Å²) in [6.07, 6.45) is -1.84. The fraction of sp³-hybridized carbons (Fsp3) is 0.462. The van der Waals surface area contributed by atoms with Crippen molar-refractivity contribution >= 4 is 29.3 Å². The number of thioether (sulfide) groups is 1. The molecule has 0 saturated carbocycles. The number of nitrogens with one attached hydrogen (secondary N) is 1. The van der Waals surface area contributed by atoms with Crippen LogP contribution in [0.4, 0.5) is 18.9 Å². The lowest BCUT2D eigenvalue weighted by Crippen LogP contribution is -2.35. The number of amides is 2. The minimum atomic E-state index is -5.02. The third kappa shape index (κ3) is 4.12. The Morgan fingerprint density at radius 2 is 2.05 bits per heavy atom. The number of aromatic nitrogens is 1. The van der Waals surface area contributed by atoms with Crippen LogP contribution < -0.4 is 5.32 Å². The maximum atomic E-state index is 12.5. The highest BCUT2D eigenvalue weighted by Gasteiger charge is 2.39. The van der Waals surface area contributed by atoms with Gasteiger partial charge < -0.3 is 10.2 Å². The van der Waals surface area contributed by atoms with Crippen molar-refractivity contribution in [1.29, 1.82) is 0 Å². The molecule has 1 saturated heterocycles. The van der Waals surface area contributed by atoms with Crippen LogP contribution in [0, 0.1) is 0 Å². The Hall–Kier alpha value is -1.77. The van der Waals surface area contributed by atoms with Crippen molar-refractivity contribution in [2.24, 2.45) is 0 Å². The van der Waals surface area contributed by atoms with Gasteiger partial charge in [0.1, 0.15) is 0 Å². The second-order valence-corrected chi connectivity index (χ2v) is 5.86. The van der Waals surface area contributed by atoms with E-state index in [4.69, 9.17) is 0 Å². The zero-order valence-electron chi connectivity index (χ0n) is 11.5. The minimum absolute atomic E-state index is 0.0134. The fourth-order valence-corrected chi connectivity index (χ4v) is 2.88. The highest BCUT2D eigenvalue weighted by atomic mass is 32.2. The lowest BCUT2D eigenvalue weighted by Gasteiger charge is -2.21. The van der Waals surface area contributed by atoms with E-state index in [1.54, 1.807) is 22.0 Å². The number of anilines is 1. The Labute approximate surface area is 129 Å². The molecule has 1 aromatic rings. The van der Waals surface area contributed by atoms with Crippen LogP contribution in [-0.2, 0) is 4.79 Å². The SMILES string of the molecule is O=C(c1ccncc1NC(=O)C(F)(F)F)N1CCCSCC1. The molecule has 2 heterocycles. The van der Waals surface area contributed by atoms with E-state index < -0.39 is 18.0 Å². The maximum Gasteiger partial charge on any atom is 0.471 e. The summed E-state index contributed by atoms with van der Waals surface area (Å²) < 4.78 is 37.0. The lowest BCUT2D eigenvalue weighted by atomic mass is 10.2. The summed E-state index contributed by atoms with van der Waals surface area (Å²) >= 11 is 1.73. The molecule has 0 bridgehead atoms. The zero-order chi connectivity index (χ0) is 16.2. The Kier molecular flexibility index (Phi) is 5.28. The smallest absolute Gasteiger partial charge is 0.338 e. The van der Waals surface area contributed by atoms with Gasteiger partial charge in [-0.1, -0.05) is 0 Å². The number of alkyl halides is 3. The maximum absolute atomic E-state index is 12.5. The standard InChI is InChI=1S/C13H14F3N3O2S/c14-13(15,16)12(21)18-10-8-17-3-2-9(10)11(20)19-4-1-6-22-7-5-19/h2-3,8H,1,4-7H2,(H,18,21). The Balaban J connectivity index is 2.20. The van der Waals surface area contributed by atoms with Gasteiger partial charge >= 0.3 is 12.1 Å². The number of nitrogens with zero attached hydrogens (tertiary/aromatic N) is 2. The topological polar surface area (TPSA) is 62.3 Å². The Morgan fingerprint density at radius 1 is 1.27 bits per heavy atom. The molecule has 9 heteroatoms. The Bertz CT molecular complexity index is 558. The first-order chi connectivity index (χ1) is 10.4. The van der Waals surface area contributed by atoms with Crippen molar-refractivity contribution in [3.8, 4) is 0 Å². The molecular formula is C13H14F3N3O2S. The molecule has 0 spiro atoms. The van der Waals surface area contributed by atoms with E-state index in [1.807, 2.05) is 0 Å². The van der Waals surface area contributed by atoms with E-state index in [0.717, 1.165) is 24.1 Å². The lowest BCUT2D eigenvalue weighted by molar-refractivity contribution is -0.167. The number of hydrogen-bond acceptors (Lipinski definition) is 4. The first-order valence-corrected chi connectivity index (χ1v) is 7.74. The molecule has 2 amide bonds. The molecule has 5 nitrogen and oxygen atoms in total. The van der Waals surface area contributed by atoms with E-state index in [-0.39, 0.29) is 11.3 Å². The summed E-state index contributed by atoms with van der Waals surface area (Å²) in [5, 5.41) is 1.71. The van der Waals surface area contributed by atoms with Crippen molar-refractivity contribution in [2.75, 3.05) is 29.9 Å². The van der Waals surface area contributed by atoms with Gasteiger partial charge in [-0.05, 0) is 18.2 Å². The van der Waals surface area contributed by atoms with Gasteiger partial charge in [0.15, 0.2) is 0 Å². The summed E-state index contributed by atoms with van der Waals surface area (Å²) in [4.78, 5) is 28.8. The molecule has 1 aliphatic heterocycles. The van der Waals surface area contributed by atoms with Gasteiger partial charge in [0, 0.05) is 25.0 Å². The average Bonchev–Trinajstić information content (AvgIpc) is 2.75. The van der Waals surface area contributed by atoms with Crippen molar-refractivity contribution < 1.29 is 22.8 Å². The van der Waals surface area contributed by atoms with E-state index in [9.17, 15) is 22.8 Å². The third-order valence-corrected chi connectivity index (χ3v) is 4.12. The van der Waals surface area contributed by atoms with E-state index >= 15 is 0 Å². The van der Waals surface area contributed by atoms with E-state index in [2.05, 4.69) is 4.98 Å². The summed E-state index contributed by atoms with van der Waals surface area (Å²) in [7, 11) is 0. The van der Waals surface area contributed by atoms with Gasteiger partial charge in [0.05, 0.1) is 17.4 Å². The number of carbonyl (C=O) groups excluding carboxylic acids is 2. The van der Waals surface area contributed by atoms with Gasteiger partial charge in [0.2, 0.25) is 0 Å². The van der Waals surface area contributed by atoms with Crippen LogP contribution in [0.25, 0.3) is 0 Å². The monoisotopic (exact) mass is 333 g/mol. The first kappa shape index (κ1) is 16.6. The molecule has 22 heavy (non-hydrogen) atoms. The summed E-state index contributed by atoms with van der Waals surface area (Å²) in [5.41, 5.74) is -0.216. The molecule has 120 valence electrons. The Morgan fingerprint density at radius 3 is 2.77 bits per heavy atom. The van der Waals surface area contributed by atoms with Crippen LogP contribution in [0.5, 0.6) is 0 Å². The van der Waals surface area contributed by atoms with Crippen LogP contribution in [0.15, 0.2) is 18.5 Å². The predicted molar refractivity (Wildman–Crippen MR) is 76.8 cm³/mol. The third-order valence-electron chi connectivity index (χ3n) is 3.07. The normalized spacial score (nSPS) is 16.0. The van der Waals surface area contributed by atoms with Crippen molar-refractivity contribution in [3.63, 3.8) is 0 Å². The van der Waals surface area contributed by atoms with Gasteiger partial charge in [-0.3, -0.25) is 14.6 Å². The van der Waals surface area contributed by atoms with Gasteiger partial charge in [-0.15, -0.1) is 0 Å². The molecule has 2 rings (SSSR count). The quantitative estimate of drug-likeness (QED) is 0.901. The molecule has 0 radical (unpaired) electrons. The number of rotatable bonds is 2. The fourth-order valence-electron chi connectivity index (χ4n) is 1.99. The molecule has 1 N–H and O–H groups in total. The van der Waals surface area contributed by atoms with Crippen molar-refractivity contribution in [1.82, 2.24) is 9.88 Å². The van der Waals surface area contributed by atoms with Crippen LogP contribution >= 0.6 is 11.8 Å². The number of carbonyl (C=O) groups is 2. The second-order valence-electron chi connectivity index (χ2n) is 4.63. The van der Waals surface area contributed by atoms with Crippen molar-refractivity contribution in [2.45, 2.75) is 12.6 Å². The van der Waals surface area contributed by atoms with Gasteiger partial charge in [0.25, 0.3) is 5.91 Å². The van der Waals surface area contributed by atoms with Crippen LogP contribution in [0.2, 0.25) is 0 Å². The van der Waals surface area contributed by atoms with Crippen molar-refractivity contribution in [3.05, 3.63) is 24.0 Å². The summed E-state index contributed by atoms with van der Waals surface area (Å²) in [6.45, 7) is 1.07. The average molecular weight is 333 g/mol. The highest BCUT2D eigenvalue weighted by molar-refractivity contribution is 7.99. The summed E-state index contributed by atoms with van der Waals surface area (Å²) in [5.74, 6) is -0.804. The van der Waals surface area contributed by atoms with Crippen LogP contribution in [0.1, 0.15) is 16.8 Å². The largest absolute Gasteiger partial charge is 0.471 e. The predicted octanol–water partition coefficient (Wildman–Crippen LogP) is 2.16. The number of halogens is 3. The zero-order valence-corrected chi connectivity index (χ0v) is 12.3. The van der Waals surface area contributed by atoms with Crippen LogP contribution in [0.3, 0.4) is 0 Å². The molecule has 1 fully saturated rings. The van der Waals surface area contributed by atoms with Crippen LogP contribution in [-0.4, -0.2) is 52.5 Å². The van der Waals surface area contributed by atoms with Gasteiger partial charge in [-0.25, -0.2) is 0 Å². The molecule has 0 aliphatic carbocycles. The molecule has 0 aromatic carbocycles. The molecular weight excluding hydrogens is 319 g/mol. The second kappa shape index (κ2) is 6.99. The molecule has 0 unspecified atom stereocenters. The highest BCUT2D eigenvalue weighted by Crippen LogP contribution is 2.22. The van der Waals surface area contributed by atoms with Gasteiger partial charge in [-0.2, -0.15) is 24.9 Å². The minimum Gasteiger partial charge on any atom is -0.338 e. The van der Waals surface area contributed by atoms with E-state index in [0.29, 0.717) is 13.1 Å². The summed E-state index contributed by atoms with van der Waals surface area (Å²) in [6, 6.07) is 1.31. The number of pyridine rings is 1. The van der Waals surface area contributed by atoms with E-state index in [1.165, 1.54) is 12.3 Å². The first-order valence-electron chi connectivity index (χ1n) is 6.59. The number of hydrogen-bond donors (Lipinski definition) is 1. The molecule has 1 aromatic heterocycles. The molecule has 1 aliphatic rings.